The molecule has 2 aromatic rings. The zero-order valence-corrected chi connectivity index (χ0v) is 15.0. The van der Waals surface area contributed by atoms with Gasteiger partial charge in [-0.25, -0.2) is 8.78 Å². The second kappa shape index (κ2) is 7.62. The van der Waals surface area contributed by atoms with Crippen LogP contribution in [0.3, 0.4) is 0 Å². The van der Waals surface area contributed by atoms with Crippen LogP contribution in [-0.4, -0.2) is 29.1 Å². The van der Waals surface area contributed by atoms with Gasteiger partial charge in [0.15, 0.2) is 0 Å². The van der Waals surface area contributed by atoms with Crippen molar-refractivity contribution in [3.63, 3.8) is 0 Å². The number of carboxylic acids is 1. The number of likely N-dealkylation sites (tertiary alicyclic amines) is 1. The first-order valence-corrected chi connectivity index (χ1v) is 8.92. The van der Waals surface area contributed by atoms with E-state index in [2.05, 4.69) is 15.9 Å². The molecule has 0 bridgehead atoms. The lowest BCUT2D eigenvalue weighted by Crippen LogP contribution is -2.41. The molecule has 1 saturated heterocycles. The Morgan fingerprint density at radius 1 is 1.20 bits per heavy atom. The molecule has 1 aliphatic heterocycles. The fraction of sp³-hybridized carbons (Fsp3) is 0.316. The zero-order chi connectivity index (χ0) is 18.0. The third kappa shape index (κ3) is 4.07. The summed E-state index contributed by atoms with van der Waals surface area (Å²) >= 11 is 3.38. The van der Waals surface area contributed by atoms with Crippen LogP contribution in [0.15, 0.2) is 46.9 Å². The van der Waals surface area contributed by atoms with Crippen LogP contribution in [0.25, 0.3) is 0 Å². The van der Waals surface area contributed by atoms with Crippen LogP contribution in [0, 0.1) is 17.6 Å². The third-order valence-corrected chi connectivity index (χ3v) is 5.14. The number of hydrogen-bond donors (Lipinski definition) is 1. The first-order valence-electron chi connectivity index (χ1n) is 8.13. The van der Waals surface area contributed by atoms with E-state index in [1.165, 1.54) is 12.1 Å². The van der Waals surface area contributed by atoms with Gasteiger partial charge in [0.25, 0.3) is 0 Å². The van der Waals surface area contributed by atoms with Gasteiger partial charge in [-0.3, -0.25) is 9.69 Å². The van der Waals surface area contributed by atoms with E-state index in [0.29, 0.717) is 25.1 Å². The Morgan fingerprint density at radius 2 is 1.92 bits per heavy atom. The fourth-order valence-corrected chi connectivity index (χ4v) is 3.66. The number of carboxylic acid groups (broad SMARTS) is 1. The second-order valence-corrected chi connectivity index (χ2v) is 7.21. The van der Waals surface area contributed by atoms with Crippen molar-refractivity contribution < 1.29 is 18.7 Å². The van der Waals surface area contributed by atoms with Gasteiger partial charge in [-0.1, -0.05) is 34.1 Å². The van der Waals surface area contributed by atoms with Gasteiger partial charge in [0, 0.05) is 22.6 Å². The second-order valence-electron chi connectivity index (χ2n) is 6.29. The number of halogens is 3. The highest BCUT2D eigenvalue weighted by atomic mass is 79.9. The summed E-state index contributed by atoms with van der Waals surface area (Å²) in [5.41, 5.74) is 1.20. The molecule has 2 unspecified atom stereocenters. The molecular weight excluding hydrogens is 392 g/mol. The molecule has 6 heteroatoms. The van der Waals surface area contributed by atoms with Crippen LogP contribution in [0.5, 0.6) is 0 Å². The van der Waals surface area contributed by atoms with E-state index in [1.807, 2.05) is 29.2 Å². The minimum absolute atomic E-state index is 0.340. The maximum atomic E-state index is 14.5. The summed E-state index contributed by atoms with van der Waals surface area (Å²) in [7, 11) is 0. The molecule has 1 fully saturated rings. The van der Waals surface area contributed by atoms with Crippen molar-refractivity contribution in [2.75, 3.05) is 13.1 Å². The van der Waals surface area contributed by atoms with Crippen LogP contribution in [0.4, 0.5) is 8.78 Å². The van der Waals surface area contributed by atoms with Crippen molar-refractivity contribution in [2.45, 2.75) is 18.9 Å². The van der Waals surface area contributed by atoms with E-state index in [1.54, 1.807) is 0 Å². The molecule has 0 amide bonds. The van der Waals surface area contributed by atoms with Gasteiger partial charge in [-0.2, -0.15) is 0 Å². The highest BCUT2D eigenvalue weighted by Crippen LogP contribution is 2.34. The quantitative estimate of drug-likeness (QED) is 0.800. The SMILES string of the molecule is O=C(O)C1CCCN(C(c2ccc(Br)cc2)c2ccc(F)cc2F)C1. The van der Waals surface area contributed by atoms with Crippen molar-refractivity contribution in [1.82, 2.24) is 4.90 Å². The molecular formula is C19H18BrF2NO2. The van der Waals surface area contributed by atoms with Gasteiger partial charge in [0.1, 0.15) is 11.6 Å². The molecule has 0 saturated carbocycles. The fourth-order valence-electron chi connectivity index (χ4n) is 3.40. The Bertz CT molecular complexity index is 767. The minimum atomic E-state index is -0.834. The topological polar surface area (TPSA) is 40.5 Å². The monoisotopic (exact) mass is 409 g/mol. The number of aliphatic carboxylic acids is 1. The summed E-state index contributed by atoms with van der Waals surface area (Å²) in [5.74, 6) is -2.56. The smallest absolute Gasteiger partial charge is 0.307 e. The number of hydrogen-bond acceptors (Lipinski definition) is 2. The van der Waals surface area contributed by atoms with Crippen molar-refractivity contribution in [2.24, 2.45) is 5.92 Å². The number of rotatable bonds is 4. The van der Waals surface area contributed by atoms with E-state index >= 15 is 0 Å². The normalized spacial score (nSPS) is 19.6. The summed E-state index contributed by atoms with van der Waals surface area (Å²) in [4.78, 5) is 13.4. The number of piperidine rings is 1. The lowest BCUT2D eigenvalue weighted by atomic mass is 9.91. The highest BCUT2D eigenvalue weighted by molar-refractivity contribution is 9.10. The summed E-state index contributed by atoms with van der Waals surface area (Å²) in [6.45, 7) is 1.01. The van der Waals surface area contributed by atoms with Crippen molar-refractivity contribution >= 4 is 21.9 Å². The lowest BCUT2D eigenvalue weighted by Gasteiger charge is -2.37. The molecule has 132 valence electrons. The van der Waals surface area contributed by atoms with Gasteiger partial charge >= 0.3 is 5.97 Å². The van der Waals surface area contributed by atoms with Crippen molar-refractivity contribution in [1.29, 1.82) is 0 Å². The summed E-state index contributed by atoms with van der Waals surface area (Å²) in [6.07, 6.45) is 1.34. The van der Waals surface area contributed by atoms with E-state index in [9.17, 15) is 18.7 Å². The number of carbonyl (C=O) groups is 1. The highest BCUT2D eigenvalue weighted by Gasteiger charge is 2.32. The Balaban J connectivity index is 2.02. The van der Waals surface area contributed by atoms with Gasteiger partial charge in [-0.15, -0.1) is 0 Å². The van der Waals surface area contributed by atoms with Crippen LogP contribution >= 0.6 is 15.9 Å². The first kappa shape index (κ1) is 18.0. The van der Waals surface area contributed by atoms with Crippen molar-refractivity contribution in [3.8, 4) is 0 Å². The molecule has 3 nitrogen and oxygen atoms in total. The molecule has 3 rings (SSSR count). The average molecular weight is 410 g/mol. The third-order valence-electron chi connectivity index (χ3n) is 4.61. The molecule has 0 aromatic heterocycles. The van der Waals surface area contributed by atoms with Crippen molar-refractivity contribution in [3.05, 3.63) is 69.7 Å². The largest absolute Gasteiger partial charge is 0.481 e. The Hall–Kier alpha value is -1.79. The molecule has 2 aromatic carbocycles. The number of nitrogens with zero attached hydrogens (tertiary/aromatic N) is 1. The zero-order valence-electron chi connectivity index (χ0n) is 13.5. The van der Waals surface area contributed by atoms with Crippen LogP contribution in [0.1, 0.15) is 30.0 Å². The molecule has 1 N–H and O–H groups in total. The van der Waals surface area contributed by atoms with Gasteiger partial charge in [0.2, 0.25) is 0 Å². The van der Waals surface area contributed by atoms with Gasteiger partial charge in [0.05, 0.1) is 12.0 Å². The number of benzene rings is 2. The van der Waals surface area contributed by atoms with E-state index < -0.39 is 29.6 Å². The molecule has 2 atom stereocenters. The summed E-state index contributed by atoms with van der Waals surface area (Å²) in [5, 5.41) is 9.35. The first-order chi connectivity index (χ1) is 12.0. The predicted octanol–water partition coefficient (Wildman–Crippen LogP) is 4.61. The molecule has 0 radical (unpaired) electrons. The Labute approximate surface area is 153 Å². The molecule has 0 spiro atoms. The minimum Gasteiger partial charge on any atom is -0.481 e. The maximum absolute atomic E-state index is 14.5. The standard InChI is InChI=1S/C19H18BrF2NO2/c20-14-5-3-12(4-6-14)18(16-8-7-15(21)10-17(16)22)23-9-1-2-13(11-23)19(24)25/h3-8,10,13,18H,1-2,9,11H2,(H,24,25). The lowest BCUT2D eigenvalue weighted by molar-refractivity contribution is -0.143. The maximum Gasteiger partial charge on any atom is 0.307 e. The molecule has 1 heterocycles. The summed E-state index contributed by atoms with van der Waals surface area (Å²) < 4.78 is 28.7. The van der Waals surface area contributed by atoms with Crippen LogP contribution in [-0.2, 0) is 4.79 Å². The van der Waals surface area contributed by atoms with Crippen LogP contribution < -0.4 is 0 Å². The van der Waals surface area contributed by atoms with Gasteiger partial charge < -0.3 is 5.11 Å². The van der Waals surface area contributed by atoms with Gasteiger partial charge in [-0.05, 0) is 43.1 Å². The van der Waals surface area contributed by atoms with E-state index in [0.717, 1.165) is 22.5 Å². The van der Waals surface area contributed by atoms with E-state index in [4.69, 9.17) is 0 Å². The Kier molecular flexibility index (Phi) is 5.49. The average Bonchev–Trinajstić information content (AvgIpc) is 2.59. The van der Waals surface area contributed by atoms with E-state index in [-0.39, 0.29) is 0 Å². The molecule has 0 aliphatic carbocycles. The predicted molar refractivity (Wildman–Crippen MR) is 94.3 cm³/mol. The Morgan fingerprint density at radius 3 is 2.56 bits per heavy atom. The molecule has 25 heavy (non-hydrogen) atoms. The molecule has 1 aliphatic rings. The van der Waals surface area contributed by atoms with Crippen LogP contribution in [0.2, 0.25) is 0 Å². The summed E-state index contributed by atoms with van der Waals surface area (Å²) in [6, 6.07) is 10.6.